The molecular formula is C13H26N2O3S. The molecular weight excluding hydrogens is 264 g/mol. The Morgan fingerprint density at radius 2 is 1.79 bits per heavy atom. The summed E-state index contributed by atoms with van der Waals surface area (Å²) in [5.41, 5.74) is 0. The molecule has 0 N–H and O–H groups in total. The smallest absolute Gasteiger partial charge is 0.216 e. The first kappa shape index (κ1) is 15.2. The van der Waals surface area contributed by atoms with Crippen LogP contribution in [0.4, 0.5) is 0 Å². The molecule has 1 heterocycles. The molecule has 0 unspecified atom stereocenters. The van der Waals surface area contributed by atoms with Crippen LogP contribution < -0.4 is 0 Å². The summed E-state index contributed by atoms with van der Waals surface area (Å²) in [5.74, 6) is 0.982. The minimum Gasteiger partial charge on any atom is -0.378 e. The molecule has 5 nitrogen and oxygen atoms in total. The average Bonchev–Trinajstić information content (AvgIpc) is 3.13. The summed E-state index contributed by atoms with van der Waals surface area (Å²) in [6.45, 7) is 8.31. The van der Waals surface area contributed by atoms with Crippen LogP contribution in [0.3, 0.4) is 0 Å². The van der Waals surface area contributed by atoms with Gasteiger partial charge in [0.25, 0.3) is 0 Å². The summed E-state index contributed by atoms with van der Waals surface area (Å²) >= 11 is 0. The predicted molar refractivity (Wildman–Crippen MR) is 75.6 cm³/mol. The van der Waals surface area contributed by atoms with Gasteiger partial charge in [-0.15, -0.1) is 0 Å². The van der Waals surface area contributed by atoms with Gasteiger partial charge in [-0.3, -0.25) is 0 Å². The van der Waals surface area contributed by atoms with Crippen molar-refractivity contribution in [2.45, 2.75) is 32.8 Å². The van der Waals surface area contributed by atoms with Crippen molar-refractivity contribution in [1.82, 2.24) is 9.21 Å². The molecule has 2 rings (SSSR count). The van der Waals surface area contributed by atoms with Crippen LogP contribution >= 0.6 is 0 Å². The van der Waals surface area contributed by atoms with E-state index in [0.717, 1.165) is 25.6 Å². The highest BCUT2D eigenvalue weighted by atomic mass is 32.2. The van der Waals surface area contributed by atoms with E-state index in [0.29, 0.717) is 19.7 Å². The monoisotopic (exact) mass is 290 g/mol. The Morgan fingerprint density at radius 1 is 1.16 bits per heavy atom. The molecule has 1 aliphatic heterocycles. The number of hydrogen-bond donors (Lipinski definition) is 0. The maximum absolute atomic E-state index is 12.1. The van der Waals surface area contributed by atoms with Crippen LogP contribution in [0.5, 0.6) is 0 Å². The highest BCUT2D eigenvalue weighted by Gasteiger charge is 2.30. The third-order valence-corrected chi connectivity index (χ3v) is 5.56. The first-order valence-electron chi connectivity index (χ1n) is 7.29. The lowest BCUT2D eigenvalue weighted by Crippen LogP contribution is -2.49. The second-order valence-corrected chi connectivity index (χ2v) is 7.97. The number of hydrogen-bond acceptors (Lipinski definition) is 4. The van der Waals surface area contributed by atoms with E-state index in [1.54, 1.807) is 4.31 Å². The fourth-order valence-electron chi connectivity index (χ4n) is 2.37. The molecule has 0 aromatic heterocycles. The third-order valence-electron chi connectivity index (χ3n) is 3.73. The number of nitrogens with zero attached hydrogens (tertiary/aromatic N) is 2. The molecule has 0 aromatic rings. The van der Waals surface area contributed by atoms with Crippen LogP contribution in [0, 0.1) is 5.92 Å². The summed E-state index contributed by atoms with van der Waals surface area (Å²) < 4.78 is 31.2. The van der Waals surface area contributed by atoms with E-state index in [9.17, 15) is 8.42 Å². The normalized spacial score (nSPS) is 23.1. The number of ether oxygens (including phenoxy) is 1. The first-order valence-corrected chi connectivity index (χ1v) is 8.90. The fraction of sp³-hybridized carbons (Fsp3) is 1.00. The molecule has 0 radical (unpaired) electrons. The van der Waals surface area contributed by atoms with E-state index >= 15 is 0 Å². The Kier molecular flexibility index (Phi) is 5.22. The highest BCUT2D eigenvalue weighted by molar-refractivity contribution is 7.89. The van der Waals surface area contributed by atoms with Gasteiger partial charge in [0.2, 0.25) is 10.0 Å². The van der Waals surface area contributed by atoms with E-state index in [-0.39, 0.29) is 11.9 Å². The molecule has 1 saturated carbocycles. The molecule has 112 valence electrons. The van der Waals surface area contributed by atoms with Gasteiger partial charge in [0, 0.05) is 32.7 Å². The van der Waals surface area contributed by atoms with Gasteiger partial charge < -0.3 is 9.64 Å². The summed E-state index contributed by atoms with van der Waals surface area (Å²) in [6, 6.07) is 0. The van der Waals surface area contributed by atoms with Gasteiger partial charge in [0.15, 0.2) is 0 Å². The van der Waals surface area contributed by atoms with Gasteiger partial charge in [-0.1, -0.05) is 0 Å². The molecule has 0 bridgehead atoms. The zero-order chi connectivity index (χ0) is 13.9. The van der Waals surface area contributed by atoms with Crippen LogP contribution in [0.25, 0.3) is 0 Å². The van der Waals surface area contributed by atoms with E-state index < -0.39 is 10.0 Å². The van der Waals surface area contributed by atoms with Crippen molar-refractivity contribution in [3.8, 4) is 0 Å². The molecule has 6 heteroatoms. The van der Waals surface area contributed by atoms with Crippen LogP contribution in [0.15, 0.2) is 0 Å². The number of piperazine rings is 1. The maximum Gasteiger partial charge on any atom is 0.216 e. The van der Waals surface area contributed by atoms with Gasteiger partial charge >= 0.3 is 0 Å². The lowest BCUT2D eigenvalue weighted by molar-refractivity contribution is 0.0902. The summed E-state index contributed by atoms with van der Waals surface area (Å²) in [6.07, 6.45) is 2.79. The van der Waals surface area contributed by atoms with Gasteiger partial charge in [0.1, 0.15) is 0 Å². The van der Waals surface area contributed by atoms with Crippen LogP contribution in [0.2, 0.25) is 0 Å². The Balaban J connectivity index is 1.72. The van der Waals surface area contributed by atoms with E-state index in [1.807, 2.05) is 13.8 Å². The number of sulfonamides is 1. The number of rotatable bonds is 7. The second kappa shape index (κ2) is 6.52. The predicted octanol–water partition coefficient (Wildman–Crippen LogP) is 0.769. The third kappa shape index (κ3) is 5.02. The Labute approximate surface area is 117 Å². The van der Waals surface area contributed by atoms with Crippen molar-refractivity contribution in [2.24, 2.45) is 5.92 Å². The second-order valence-electron chi connectivity index (χ2n) is 5.88. The largest absolute Gasteiger partial charge is 0.378 e. The van der Waals surface area contributed by atoms with E-state index in [2.05, 4.69) is 4.90 Å². The van der Waals surface area contributed by atoms with Crippen molar-refractivity contribution >= 4 is 10.0 Å². The topological polar surface area (TPSA) is 49.9 Å². The van der Waals surface area contributed by atoms with Gasteiger partial charge in [-0.2, -0.15) is 4.31 Å². The average molecular weight is 290 g/mol. The molecule has 2 aliphatic rings. The summed E-state index contributed by atoms with van der Waals surface area (Å²) in [4.78, 5) is 2.40. The molecule has 0 amide bonds. The zero-order valence-corrected chi connectivity index (χ0v) is 12.9. The quantitative estimate of drug-likeness (QED) is 0.695. The summed E-state index contributed by atoms with van der Waals surface area (Å²) in [5, 5.41) is 0. The van der Waals surface area contributed by atoms with E-state index in [1.165, 1.54) is 12.8 Å². The molecule has 0 aromatic carbocycles. The lowest BCUT2D eigenvalue weighted by atomic mass is 10.3. The summed E-state index contributed by atoms with van der Waals surface area (Å²) in [7, 11) is -3.13. The van der Waals surface area contributed by atoms with E-state index in [4.69, 9.17) is 4.74 Å². The minimum absolute atomic E-state index is 0.0885. The fourth-order valence-corrected chi connectivity index (χ4v) is 3.66. The minimum atomic E-state index is -3.13. The molecule has 0 spiro atoms. The van der Waals surface area contributed by atoms with Crippen LogP contribution in [0.1, 0.15) is 26.7 Å². The Bertz CT molecular complexity index is 371. The molecule has 19 heavy (non-hydrogen) atoms. The molecule has 2 fully saturated rings. The van der Waals surface area contributed by atoms with Crippen LogP contribution in [-0.2, 0) is 14.8 Å². The first-order chi connectivity index (χ1) is 8.97. The SMILES string of the molecule is CC(C)OCCS(=O)(=O)N1CCN(CC2CC2)CC1. The van der Waals surface area contributed by atoms with Gasteiger partial charge in [-0.05, 0) is 32.6 Å². The van der Waals surface area contributed by atoms with Crippen molar-refractivity contribution < 1.29 is 13.2 Å². The standard InChI is InChI=1S/C13H26N2O3S/c1-12(2)18-9-10-19(16,17)15-7-5-14(6-8-15)11-13-3-4-13/h12-13H,3-11H2,1-2H3. The maximum atomic E-state index is 12.1. The molecule has 1 saturated heterocycles. The zero-order valence-electron chi connectivity index (χ0n) is 12.0. The highest BCUT2D eigenvalue weighted by Crippen LogP contribution is 2.30. The van der Waals surface area contributed by atoms with Gasteiger partial charge in [-0.25, -0.2) is 8.42 Å². The lowest BCUT2D eigenvalue weighted by Gasteiger charge is -2.34. The Morgan fingerprint density at radius 3 is 2.32 bits per heavy atom. The Hall–Kier alpha value is -0.170. The van der Waals surface area contributed by atoms with Gasteiger partial charge in [0.05, 0.1) is 18.5 Å². The molecule has 1 aliphatic carbocycles. The van der Waals surface area contributed by atoms with Crippen molar-refractivity contribution in [1.29, 1.82) is 0 Å². The van der Waals surface area contributed by atoms with Crippen molar-refractivity contribution in [3.63, 3.8) is 0 Å². The van der Waals surface area contributed by atoms with Crippen molar-refractivity contribution in [3.05, 3.63) is 0 Å². The molecule has 0 atom stereocenters. The van der Waals surface area contributed by atoms with Crippen LogP contribution in [-0.4, -0.2) is 68.8 Å². The van der Waals surface area contributed by atoms with Crippen molar-refractivity contribution in [2.75, 3.05) is 45.1 Å².